The summed E-state index contributed by atoms with van der Waals surface area (Å²) in [5, 5.41) is 3.11. The molecule has 0 spiro atoms. The van der Waals surface area contributed by atoms with Crippen LogP contribution in [0.3, 0.4) is 0 Å². The summed E-state index contributed by atoms with van der Waals surface area (Å²) in [5.74, 6) is 0.264. The van der Waals surface area contributed by atoms with E-state index in [0.29, 0.717) is 13.0 Å². The summed E-state index contributed by atoms with van der Waals surface area (Å²) in [6.45, 7) is 2.31. The second-order valence-corrected chi connectivity index (χ2v) is 6.04. The highest BCUT2D eigenvalue weighted by molar-refractivity contribution is 7.89. The molecule has 0 aromatic heterocycles. The molecule has 82 valence electrons. The number of hydrogen-bond donors (Lipinski definition) is 1. The average Bonchev–Trinajstić information content (AvgIpc) is 2.28. The Morgan fingerprint density at radius 2 is 2.21 bits per heavy atom. The molecule has 0 aromatic rings. The van der Waals surface area contributed by atoms with Crippen LogP contribution in [0.1, 0.15) is 6.42 Å². The number of ether oxygens (including phenoxy) is 1. The Labute approximate surface area is 84.5 Å². The lowest BCUT2D eigenvalue weighted by atomic mass is 10.2. The van der Waals surface area contributed by atoms with Gasteiger partial charge < -0.3 is 10.1 Å². The first-order valence-corrected chi connectivity index (χ1v) is 6.48. The molecule has 0 saturated carbocycles. The summed E-state index contributed by atoms with van der Waals surface area (Å²) >= 11 is 0. The molecule has 2 rings (SSSR count). The molecular formula is C8H16N2O3S. The molecule has 0 bridgehead atoms. The average molecular weight is 220 g/mol. The number of nitrogens with zero attached hydrogens (tertiary/aromatic N) is 1. The lowest BCUT2D eigenvalue weighted by Crippen LogP contribution is -2.49. The predicted octanol–water partition coefficient (Wildman–Crippen LogP) is -0.991. The van der Waals surface area contributed by atoms with E-state index in [1.165, 1.54) is 4.31 Å². The maximum Gasteiger partial charge on any atom is 0.214 e. The highest BCUT2D eigenvalue weighted by Gasteiger charge is 2.34. The zero-order valence-corrected chi connectivity index (χ0v) is 9.09. The minimum Gasteiger partial charge on any atom is -0.374 e. The molecule has 14 heavy (non-hydrogen) atoms. The van der Waals surface area contributed by atoms with Crippen LogP contribution in [0.2, 0.25) is 0 Å². The number of nitrogens with one attached hydrogen (secondary N) is 1. The molecule has 2 aliphatic rings. The van der Waals surface area contributed by atoms with Gasteiger partial charge in [0.25, 0.3) is 0 Å². The molecule has 1 atom stereocenters. The number of hydrogen-bond acceptors (Lipinski definition) is 4. The Kier molecular flexibility index (Phi) is 2.79. The topological polar surface area (TPSA) is 58.6 Å². The van der Waals surface area contributed by atoms with E-state index >= 15 is 0 Å². The van der Waals surface area contributed by atoms with Gasteiger partial charge in [-0.3, -0.25) is 0 Å². The second kappa shape index (κ2) is 3.77. The molecule has 6 heteroatoms. The lowest BCUT2D eigenvalue weighted by Gasteiger charge is -2.29. The van der Waals surface area contributed by atoms with Crippen molar-refractivity contribution in [3.05, 3.63) is 0 Å². The second-order valence-electron chi connectivity index (χ2n) is 3.89. The summed E-state index contributed by atoms with van der Waals surface area (Å²) in [7, 11) is -1.34. The first-order chi connectivity index (χ1) is 6.59. The van der Waals surface area contributed by atoms with E-state index in [0.717, 1.165) is 13.1 Å². The number of rotatable bonds is 3. The molecule has 5 nitrogen and oxygen atoms in total. The number of likely N-dealkylation sites (N-methyl/N-ethyl adjacent to an activating group) is 1. The van der Waals surface area contributed by atoms with E-state index in [1.807, 2.05) is 0 Å². The zero-order chi connectivity index (χ0) is 10.2. The van der Waals surface area contributed by atoms with Gasteiger partial charge in [-0.25, -0.2) is 8.42 Å². The monoisotopic (exact) mass is 220 g/mol. The maximum absolute atomic E-state index is 11.4. The van der Waals surface area contributed by atoms with Crippen molar-refractivity contribution in [1.29, 1.82) is 0 Å². The van der Waals surface area contributed by atoms with Crippen molar-refractivity contribution in [2.24, 2.45) is 0 Å². The molecular weight excluding hydrogens is 204 g/mol. The third-order valence-electron chi connectivity index (χ3n) is 2.93. The first kappa shape index (κ1) is 10.4. The summed E-state index contributed by atoms with van der Waals surface area (Å²) in [5.41, 5.74) is 0. The summed E-state index contributed by atoms with van der Waals surface area (Å²) in [6.07, 6.45) is 0.977. The van der Waals surface area contributed by atoms with Gasteiger partial charge in [-0.2, -0.15) is 4.31 Å². The van der Waals surface area contributed by atoms with E-state index < -0.39 is 10.0 Å². The van der Waals surface area contributed by atoms with E-state index in [1.54, 1.807) is 7.05 Å². The van der Waals surface area contributed by atoms with Crippen LogP contribution >= 0.6 is 0 Å². The number of sulfonamides is 1. The molecule has 2 saturated heterocycles. The summed E-state index contributed by atoms with van der Waals surface area (Å²) in [4.78, 5) is 0. The fourth-order valence-corrected chi connectivity index (χ4v) is 3.13. The quantitative estimate of drug-likeness (QED) is 0.663. The van der Waals surface area contributed by atoms with E-state index in [4.69, 9.17) is 4.74 Å². The van der Waals surface area contributed by atoms with E-state index in [2.05, 4.69) is 5.32 Å². The fraction of sp³-hybridized carbons (Fsp3) is 1.00. The van der Waals surface area contributed by atoms with E-state index in [-0.39, 0.29) is 17.9 Å². The van der Waals surface area contributed by atoms with Crippen molar-refractivity contribution >= 4 is 10.0 Å². The van der Waals surface area contributed by atoms with Gasteiger partial charge in [0.2, 0.25) is 10.0 Å². The summed E-state index contributed by atoms with van der Waals surface area (Å²) in [6, 6.07) is 0.0422. The Morgan fingerprint density at radius 3 is 2.64 bits per heavy atom. The Hall–Kier alpha value is -0.170. The Bertz CT molecular complexity index is 300. The van der Waals surface area contributed by atoms with Crippen molar-refractivity contribution in [3.63, 3.8) is 0 Å². The van der Waals surface area contributed by atoms with Crippen LogP contribution in [0.4, 0.5) is 0 Å². The van der Waals surface area contributed by atoms with Crippen molar-refractivity contribution in [1.82, 2.24) is 9.62 Å². The van der Waals surface area contributed by atoms with Gasteiger partial charge in [0, 0.05) is 26.2 Å². The third kappa shape index (κ3) is 1.93. The minimum atomic E-state index is -2.97. The smallest absolute Gasteiger partial charge is 0.214 e. The standard InChI is InChI=1S/C8H16N2O3S/c1-10-7(2-3-14(10,11)12)6-13-8-4-9-5-8/h7-9H,2-6H2,1H3. The highest BCUT2D eigenvalue weighted by Crippen LogP contribution is 2.19. The minimum absolute atomic E-state index is 0.0422. The van der Waals surface area contributed by atoms with Crippen molar-refractivity contribution in [2.75, 3.05) is 32.5 Å². The molecule has 0 aliphatic carbocycles. The van der Waals surface area contributed by atoms with Gasteiger partial charge in [0.15, 0.2) is 0 Å². The molecule has 1 unspecified atom stereocenters. The third-order valence-corrected chi connectivity index (χ3v) is 4.86. The molecule has 0 aromatic carbocycles. The van der Waals surface area contributed by atoms with Crippen molar-refractivity contribution in [2.45, 2.75) is 18.6 Å². The van der Waals surface area contributed by atoms with Crippen LogP contribution in [0.5, 0.6) is 0 Å². The van der Waals surface area contributed by atoms with Crippen LogP contribution in [0.25, 0.3) is 0 Å². The predicted molar refractivity (Wildman–Crippen MR) is 52.6 cm³/mol. The van der Waals surface area contributed by atoms with Crippen molar-refractivity contribution < 1.29 is 13.2 Å². The van der Waals surface area contributed by atoms with Gasteiger partial charge in [-0.05, 0) is 6.42 Å². The normalized spacial score (nSPS) is 33.1. The Balaban J connectivity index is 1.81. The molecule has 1 N–H and O–H groups in total. The highest BCUT2D eigenvalue weighted by atomic mass is 32.2. The summed E-state index contributed by atoms with van der Waals surface area (Å²) < 4.78 is 29.7. The van der Waals surface area contributed by atoms with Crippen LogP contribution in [0.15, 0.2) is 0 Å². The molecule has 2 aliphatic heterocycles. The zero-order valence-electron chi connectivity index (χ0n) is 8.27. The van der Waals surface area contributed by atoms with Crippen LogP contribution in [0, 0.1) is 0 Å². The fourth-order valence-electron chi connectivity index (χ4n) is 1.65. The largest absolute Gasteiger partial charge is 0.374 e. The molecule has 2 fully saturated rings. The Morgan fingerprint density at radius 1 is 1.50 bits per heavy atom. The van der Waals surface area contributed by atoms with Gasteiger partial charge in [-0.15, -0.1) is 0 Å². The van der Waals surface area contributed by atoms with Gasteiger partial charge in [-0.1, -0.05) is 0 Å². The van der Waals surface area contributed by atoms with Gasteiger partial charge in [0.1, 0.15) is 0 Å². The van der Waals surface area contributed by atoms with Crippen molar-refractivity contribution in [3.8, 4) is 0 Å². The van der Waals surface area contributed by atoms with Crippen LogP contribution in [-0.4, -0.2) is 57.4 Å². The molecule has 2 heterocycles. The maximum atomic E-state index is 11.4. The van der Waals surface area contributed by atoms with Crippen LogP contribution < -0.4 is 5.32 Å². The van der Waals surface area contributed by atoms with Gasteiger partial charge in [0.05, 0.1) is 18.5 Å². The van der Waals surface area contributed by atoms with Crippen LogP contribution in [-0.2, 0) is 14.8 Å². The SMILES string of the molecule is CN1C(COC2CNC2)CCS1(=O)=O. The lowest BCUT2D eigenvalue weighted by molar-refractivity contribution is 0.000564. The first-order valence-electron chi connectivity index (χ1n) is 4.87. The molecule has 0 radical (unpaired) electrons. The van der Waals surface area contributed by atoms with E-state index in [9.17, 15) is 8.42 Å². The van der Waals surface area contributed by atoms with Gasteiger partial charge >= 0.3 is 0 Å². The molecule has 0 amide bonds.